The van der Waals surface area contributed by atoms with Gasteiger partial charge in [0, 0.05) is 15.8 Å². The number of benzene rings is 3. The molecule has 1 aromatic heterocycles. The second-order valence-corrected chi connectivity index (χ2v) is 9.59. The van der Waals surface area contributed by atoms with E-state index in [1.54, 1.807) is 18.2 Å². The zero-order valence-electron chi connectivity index (χ0n) is 15.1. The molecular weight excluding hydrogens is 472 g/mol. The van der Waals surface area contributed by atoms with Gasteiger partial charge in [-0.25, -0.2) is 0 Å². The van der Waals surface area contributed by atoms with Crippen molar-refractivity contribution in [2.24, 2.45) is 10.2 Å². The molecule has 0 fully saturated rings. The molecule has 11 nitrogen and oxygen atoms in total. The Morgan fingerprint density at radius 1 is 0.903 bits per heavy atom. The Bertz CT molecular complexity index is 1610. The maximum absolute atomic E-state index is 11.7. The van der Waals surface area contributed by atoms with Gasteiger partial charge in [0.2, 0.25) is 5.82 Å². The van der Waals surface area contributed by atoms with Crippen molar-refractivity contribution in [2.75, 3.05) is 0 Å². The number of halogens is 1. The number of nitrogens with zero attached hydrogens (tertiary/aromatic N) is 3. The van der Waals surface area contributed by atoms with Crippen LogP contribution in [0.1, 0.15) is 0 Å². The summed E-state index contributed by atoms with van der Waals surface area (Å²) in [5.41, 5.74) is 0.192. The summed E-state index contributed by atoms with van der Waals surface area (Å²) in [6.45, 7) is 0. The molecule has 4 aromatic rings. The van der Waals surface area contributed by atoms with Crippen LogP contribution in [-0.2, 0) is 20.2 Å². The van der Waals surface area contributed by atoms with Gasteiger partial charge in [0.25, 0.3) is 20.2 Å². The molecule has 1 heterocycles. The van der Waals surface area contributed by atoms with Gasteiger partial charge in [-0.05, 0) is 41.8 Å². The van der Waals surface area contributed by atoms with Crippen LogP contribution >= 0.6 is 11.6 Å². The number of hydrogen-bond acceptors (Lipinski definition) is 8. The topological polar surface area (TPSA) is 182 Å². The van der Waals surface area contributed by atoms with Crippen molar-refractivity contribution in [3.8, 4) is 5.75 Å². The number of nitrogens with one attached hydrogen (secondary N) is 1. The Morgan fingerprint density at radius 3 is 2.29 bits per heavy atom. The lowest BCUT2D eigenvalue weighted by Crippen LogP contribution is -2.00. The largest absolute Gasteiger partial charge is 0.504 e. The number of H-pyrrole nitrogens is 1. The van der Waals surface area contributed by atoms with E-state index in [9.17, 15) is 31.0 Å². The molecule has 31 heavy (non-hydrogen) atoms. The minimum absolute atomic E-state index is 0.0480. The van der Waals surface area contributed by atoms with E-state index in [2.05, 4.69) is 20.4 Å². The Labute approximate surface area is 179 Å². The van der Waals surface area contributed by atoms with E-state index in [1.807, 2.05) is 0 Å². The van der Waals surface area contributed by atoms with Crippen molar-refractivity contribution in [1.29, 1.82) is 0 Å². The van der Waals surface area contributed by atoms with Gasteiger partial charge in [0.1, 0.15) is 10.6 Å². The molecule has 0 saturated heterocycles. The van der Waals surface area contributed by atoms with E-state index in [0.29, 0.717) is 15.9 Å². The smallest absolute Gasteiger partial charge is 0.298 e. The first kappa shape index (κ1) is 21.1. The fourth-order valence-electron chi connectivity index (χ4n) is 2.94. The average Bonchev–Trinajstić information content (AvgIpc) is 3.06. The Kier molecular flexibility index (Phi) is 4.94. The fourth-order valence-corrected chi connectivity index (χ4v) is 4.24. The van der Waals surface area contributed by atoms with Crippen LogP contribution in [0, 0.1) is 0 Å². The van der Waals surface area contributed by atoms with Crippen molar-refractivity contribution in [3.05, 3.63) is 47.5 Å². The van der Waals surface area contributed by atoms with Gasteiger partial charge < -0.3 is 5.11 Å². The standard InChI is InChI=1S/C17H11ClN4O7S2/c18-9-1-3-12-13(7-9)19-21-17(12)22-20-15-11-4-2-10(30(24,25)26)5-8(11)6-14(16(15)23)31(27,28)29/h1-7,23H,(H,19,21)(H,24,25,26)(H,27,28,29). The number of aromatic hydroxyl groups is 1. The van der Waals surface area contributed by atoms with Crippen LogP contribution in [0.25, 0.3) is 21.7 Å². The van der Waals surface area contributed by atoms with Gasteiger partial charge in [-0.1, -0.05) is 17.7 Å². The molecule has 4 rings (SSSR count). The third-order valence-corrected chi connectivity index (χ3v) is 6.30. The van der Waals surface area contributed by atoms with Crippen LogP contribution in [0.3, 0.4) is 0 Å². The predicted molar refractivity (Wildman–Crippen MR) is 111 cm³/mol. The number of hydrogen-bond donors (Lipinski definition) is 4. The van der Waals surface area contributed by atoms with Crippen LogP contribution in [0.5, 0.6) is 5.75 Å². The summed E-state index contributed by atoms with van der Waals surface area (Å²) in [5, 5.41) is 26.0. The molecule has 0 aliphatic heterocycles. The van der Waals surface area contributed by atoms with Crippen LogP contribution in [0.4, 0.5) is 11.5 Å². The number of azo groups is 1. The number of aromatic amines is 1. The lowest BCUT2D eigenvalue weighted by Gasteiger charge is -2.09. The first-order valence-corrected chi connectivity index (χ1v) is 11.5. The second-order valence-electron chi connectivity index (χ2n) is 6.34. The van der Waals surface area contributed by atoms with Crippen molar-refractivity contribution in [3.63, 3.8) is 0 Å². The summed E-state index contributed by atoms with van der Waals surface area (Å²) >= 11 is 5.92. The molecule has 0 aliphatic rings. The summed E-state index contributed by atoms with van der Waals surface area (Å²) in [7, 11) is -9.50. The van der Waals surface area contributed by atoms with Crippen LogP contribution in [0.2, 0.25) is 5.02 Å². The van der Waals surface area contributed by atoms with E-state index in [4.69, 9.17) is 11.6 Å². The summed E-state index contributed by atoms with van der Waals surface area (Å²) in [5.74, 6) is -0.799. The molecule has 0 bridgehead atoms. The van der Waals surface area contributed by atoms with Crippen molar-refractivity contribution < 1.29 is 31.0 Å². The Morgan fingerprint density at radius 2 is 1.61 bits per heavy atom. The quantitative estimate of drug-likeness (QED) is 0.248. The van der Waals surface area contributed by atoms with Crippen molar-refractivity contribution in [2.45, 2.75) is 9.79 Å². The van der Waals surface area contributed by atoms with Gasteiger partial charge >= 0.3 is 0 Å². The zero-order valence-corrected chi connectivity index (χ0v) is 17.4. The molecule has 4 N–H and O–H groups in total. The molecule has 0 saturated carbocycles. The minimum Gasteiger partial charge on any atom is -0.504 e. The second kappa shape index (κ2) is 7.25. The third kappa shape index (κ3) is 3.96. The van der Waals surface area contributed by atoms with E-state index in [1.165, 1.54) is 6.07 Å². The van der Waals surface area contributed by atoms with Crippen LogP contribution in [0.15, 0.2) is 62.5 Å². The summed E-state index contributed by atoms with van der Waals surface area (Å²) in [6, 6.07) is 8.87. The molecule has 0 spiro atoms. The molecule has 0 radical (unpaired) electrons. The highest BCUT2D eigenvalue weighted by molar-refractivity contribution is 7.86. The monoisotopic (exact) mass is 482 g/mol. The maximum atomic E-state index is 11.7. The van der Waals surface area contributed by atoms with Gasteiger partial charge in [0.15, 0.2) is 5.75 Å². The van der Waals surface area contributed by atoms with Crippen LogP contribution in [-0.4, -0.2) is 41.2 Å². The first-order valence-electron chi connectivity index (χ1n) is 8.25. The molecule has 0 aliphatic carbocycles. The highest BCUT2D eigenvalue weighted by atomic mass is 35.5. The molecule has 3 aromatic carbocycles. The molecule has 14 heteroatoms. The SMILES string of the molecule is O=S(=O)(O)c1ccc2c(N=Nc3n[nH]c4cc(Cl)ccc34)c(O)c(S(=O)(=O)O)cc2c1. The minimum atomic E-state index is -4.91. The number of phenols is 1. The lowest BCUT2D eigenvalue weighted by atomic mass is 10.1. The summed E-state index contributed by atoms with van der Waals surface area (Å²) in [4.78, 5) is -1.44. The number of fused-ring (bicyclic) bond motifs is 2. The Hall–Kier alpha value is -3.10. The number of phenolic OH excluding ortho intramolecular Hbond substituents is 1. The van der Waals surface area contributed by atoms with Crippen molar-refractivity contribution >= 4 is 65.0 Å². The van der Waals surface area contributed by atoms with E-state index >= 15 is 0 Å². The lowest BCUT2D eigenvalue weighted by molar-refractivity contribution is 0.445. The summed E-state index contributed by atoms with van der Waals surface area (Å²) in [6.07, 6.45) is 0. The molecule has 0 amide bonds. The number of rotatable bonds is 4. The normalized spacial score (nSPS) is 12.9. The van der Waals surface area contributed by atoms with Gasteiger partial charge in [-0.3, -0.25) is 14.2 Å². The molecule has 0 unspecified atom stereocenters. The summed E-state index contributed by atoms with van der Waals surface area (Å²) < 4.78 is 64.9. The molecule has 160 valence electrons. The highest BCUT2D eigenvalue weighted by Gasteiger charge is 2.23. The first-order chi connectivity index (χ1) is 14.4. The maximum Gasteiger partial charge on any atom is 0.298 e. The van der Waals surface area contributed by atoms with Gasteiger partial charge in [-0.15, -0.1) is 10.2 Å². The highest BCUT2D eigenvalue weighted by Crippen LogP contribution is 2.42. The average molecular weight is 483 g/mol. The van der Waals surface area contributed by atoms with E-state index in [0.717, 1.165) is 18.2 Å². The predicted octanol–water partition coefficient (Wildman–Crippen LogP) is 3.98. The molecular formula is C17H11ClN4O7S2. The van der Waals surface area contributed by atoms with Gasteiger partial charge in [-0.2, -0.15) is 21.9 Å². The van der Waals surface area contributed by atoms with Gasteiger partial charge in [0.05, 0.1) is 10.4 Å². The zero-order chi connectivity index (χ0) is 22.6. The van der Waals surface area contributed by atoms with Crippen LogP contribution < -0.4 is 0 Å². The van der Waals surface area contributed by atoms with E-state index < -0.39 is 35.8 Å². The Balaban J connectivity index is 1.96. The fraction of sp³-hybridized carbons (Fsp3) is 0. The number of aromatic nitrogens is 2. The van der Waals surface area contributed by atoms with E-state index in [-0.39, 0.29) is 22.3 Å². The third-order valence-electron chi connectivity index (χ3n) is 4.35. The van der Waals surface area contributed by atoms with Crippen molar-refractivity contribution in [1.82, 2.24) is 10.2 Å². The molecule has 0 atom stereocenters.